The molecular weight excluding hydrogens is 540 g/mol. The molecule has 1 unspecified atom stereocenters. The number of fused-ring (bicyclic) bond motifs is 5. The van der Waals surface area contributed by atoms with E-state index in [9.17, 15) is 45.6 Å². The fourth-order valence-electron chi connectivity index (χ4n) is 10.1. The molecule has 2 heterocycles. The van der Waals surface area contributed by atoms with Crippen molar-refractivity contribution in [2.24, 2.45) is 28.6 Å². The van der Waals surface area contributed by atoms with Gasteiger partial charge >= 0.3 is 5.97 Å². The van der Waals surface area contributed by atoms with Crippen molar-refractivity contribution in [1.29, 1.82) is 0 Å². The maximum atomic E-state index is 12.4. The summed E-state index contributed by atoms with van der Waals surface area (Å²) in [7, 11) is 0. The van der Waals surface area contributed by atoms with Crippen LogP contribution in [-0.2, 0) is 19.0 Å². The second-order valence-electron chi connectivity index (χ2n) is 13.8. The molecule has 8 N–H and O–H groups in total. The van der Waals surface area contributed by atoms with Gasteiger partial charge in [-0.3, -0.25) is 0 Å². The Labute approximate surface area is 238 Å². The predicted octanol–water partition coefficient (Wildman–Crippen LogP) is -1.51. The number of carbonyl (C=O) groups is 1. The van der Waals surface area contributed by atoms with Gasteiger partial charge in [-0.25, -0.2) is 4.79 Å². The number of ether oxygens (including phenoxy) is 3. The van der Waals surface area contributed by atoms with Gasteiger partial charge in [-0.2, -0.15) is 0 Å². The summed E-state index contributed by atoms with van der Waals surface area (Å²) in [6.07, 6.45) is -6.68. The average Bonchev–Trinajstić information content (AvgIpc) is 3.45. The van der Waals surface area contributed by atoms with Crippen LogP contribution in [0.15, 0.2) is 11.6 Å². The third kappa shape index (κ3) is 3.99. The van der Waals surface area contributed by atoms with Gasteiger partial charge in [-0.05, 0) is 56.4 Å². The number of hydrogen-bond acceptors (Lipinski definition) is 12. The van der Waals surface area contributed by atoms with Crippen LogP contribution in [0.4, 0.5) is 0 Å². The van der Waals surface area contributed by atoms with Gasteiger partial charge in [0.2, 0.25) is 0 Å². The zero-order chi connectivity index (χ0) is 29.7. The van der Waals surface area contributed by atoms with E-state index in [-0.39, 0.29) is 38.2 Å². The van der Waals surface area contributed by atoms with Gasteiger partial charge in [0.25, 0.3) is 0 Å². The summed E-state index contributed by atoms with van der Waals surface area (Å²) in [5.74, 6) is -1.93. The van der Waals surface area contributed by atoms with E-state index in [4.69, 9.17) is 14.2 Å². The van der Waals surface area contributed by atoms with Crippen molar-refractivity contribution in [3.8, 4) is 0 Å². The Morgan fingerprint density at radius 2 is 1.76 bits per heavy atom. The first-order valence-electron chi connectivity index (χ1n) is 14.9. The summed E-state index contributed by atoms with van der Waals surface area (Å²) < 4.78 is 16.7. The summed E-state index contributed by atoms with van der Waals surface area (Å²) in [4.78, 5) is 11.8. The molecule has 1 saturated heterocycles. The lowest BCUT2D eigenvalue weighted by atomic mass is 9.40. The lowest BCUT2D eigenvalue weighted by molar-refractivity contribution is -0.342. The van der Waals surface area contributed by atoms with Gasteiger partial charge in [0.15, 0.2) is 6.29 Å². The van der Waals surface area contributed by atoms with E-state index in [1.54, 1.807) is 0 Å². The summed E-state index contributed by atoms with van der Waals surface area (Å²) in [5.41, 5.74) is -4.46. The predicted molar refractivity (Wildman–Crippen MR) is 139 cm³/mol. The van der Waals surface area contributed by atoms with Crippen LogP contribution in [-0.4, -0.2) is 120 Å². The lowest BCUT2D eigenvalue weighted by Crippen LogP contribution is -2.76. The molecule has 12 heteroatoms. The molecule has 6 aliphatic rings. The van der Waals surface area contributed by atoms with Gasteiger partial charge in [-0.1, -0.05) is 6.92 Å². The minimum Gasteiger partial charge on any atom is -0.458 e. The minimum atomic E-state index is -1.67. The summed E-state index contributed by atoms with van der Waals surface area (Å²) >= 11 is 0. The second-order valence-corrected chi connectivity index (χ2v) is 13.8. The van der Waals surface area contributed by atoms with Crippen LogP contribution < -0.4 is 0 Å². The Morgan fingerprint density at radius 1 is 1.02 bits per heavy atom. The number of aliphatic hydroxyl groups excluding tert-OH is 6. The van der Waals surface area contributed by atoms with Crippen molar-refractivity contribution in [2.45, 2.75) is 119 Å². The first-order chi connectivity index (χ1) is 19.2. The smallest absolute Gasteiger partial charge is 0.331 e. The average molecular weight is 585 g/mol. The highest BCUT2D eigenvalue weighted by atomic mass is 16.7. The van der Waals surface area contributed by atoms with E-state index >= 15 is 0 Å². The van der Waals surface area contributed by atoms with E-state index in [1.165, 1.54) is 13.0 Å². The zero-order valence-corrected chi connectivity index (χ0v) is 23.5. The molecule has 12 nitrogen and oxygen atoms in total. The molecule has 2 aliphatic heterocycles. The van der Waals surface area contributed by atoms with Gasteiger partial charge < -0.3 is 55.1 Å². The van der Waals surface area contributed by atoms with Crippen LogP contribution in [0.3, 0.4) is 0 Å². The SMILES string of the molecule is C[C@@H]1O[C@@H](O[C@H]2C[C@@H](O)[C@]3(CO)[C@@H]4[C@@H](CC[C@]3(O)C2)[C@@]2(O)CCC(C3=CC(=O)OC3)[C@@]2(C)C[C@@H]4O)[C@H](O)[C@H](O)[C@H]1O. The molecule has 0 spiro atoms. The number of rotatable bonds is 4. The molecule has 0 aromatic rings. The van der Waals surface area contributed by atoms with E-state index < -0.39 is 95.5 Å². The number of esters is 1. The first kappa shape index (κ1) is 29.9. The Morgan fingerprint density at radius 3 is 2.41 bits per heavy atom. The molecule has 6 rings (SSSR count). The fraction of sp³-hybridized carbons (Fsp3) is 0.897. The second kappa shape index (κ2) is 9.91. The fourth-order valence-corrected chi connectivity index (χ4v) is 10.1. The monoisotopic (exact) mass is 584 g/mol. The minimum absolute atomic E-state index is 0.0369. The number of hydrogen-bond donors (Lipinski definition) is 8. The van der Waals surface area contributed by atoms with Crippen LogP contribution in [0.1, 0.15) is 58.8 Å². The Balaban J connectivity index is 1.28. The van der Waals surface area contributed by atoms with Crippen molar-refractivity contribution < 1.29 is 59.9 Å². The third-order valence-corrected chi connectivity index (χ3v) is 12.2. The van der Waals surface area contributed by atoms with E-state index in [0.29, 0.717) is 19.3 Å². The summed E-state index contributed by atoms with van der Waals surface area (Å²) in [5, 5.41) is 89.6. The summed E-state index contributed by atoms with van der Waals surface area (Å²) in [6.45, 7) is 3.00. The molecule has 0 aromatic heterocycles. The standard InChI is InChI=1S/C29H44O12/c1-13-22(34)23(35)24(36)25(40-13)41-15-8-19(32)28(12-30)21-17(3-5-27(28,37)9-15)29(38)6-4-16(14-7-20(33)39-11-14)26(29,2)10-18(21)31/h7,13,15-19,21-25,30-32,34-38H,3-6,8-12H2,1-2H3/t13-,15-,16?,17+,18-,19+,21+,22-,23+,24+,25-,26+,27-,28+,29-/m0/s1. The molecule has 0 radical (unpaired) electrons. The molecular formula is C29H44O12. The maximum absolute atomic E-state index is 12.4. The largest absolute Gasteiger partial charge is 0.458 e. The van der Waals surface area contributed by atoms with Crippen LogP contribution in [0.5, 0.6) is 0 Å². The van der Waals surface area contributed by atoms with Crippen LogP contribution >= 0.6 is 0 Å². The van der Waals surface area contributed by atoms with Crippen LogP contribution in [0, 0.1) is 28.6 Å². The van der Waals surface area contributed by atoms with E-state index in [1.807, 2.05) is 6.92 Å². The maximum Gasteiger partial charge on any atom is 0.331 e. The zero-order valence-electron chi connectivity index (χ0n) is 23.5. The van der Waals surface area contributed by atoms with E-state index in [0.717, 1.165) is 5.57 Å². The molecule has 232 valence electrons. The Hall–Kier alpha value is -1.19. The Bertz CT molecular complexity index is 1080. The molecule has 0 bridgehead atoms. The number of aliphatic hydroxyl groups is 8. The molecule has 0 aromatic carbocycles. The molecule has 0 amide bonds. The highest BCUT2D eigenvalue weighted by Crippen LogP contribution is 2.70. The van der Waals surface area contributed by atoms with Crippen molar-refractivity contribution >= 4 is 5.97 Å². The molecule has 4 aliphatic carbocycles. The van der Waals surface area contributed by atoms with Crippen LogP contribution in [0.2, 0.25) is 0 Å². The van der Waals surface area contributed by atoms with Gasteiger partial charge in [-0.15, -0.1) is 0 Å². The van der Waals surface area contributed by atoms with Crippen molar-refractivity contribution in [2.75, 3.05) is 13.2 Å². The third-order valence-electron chi connectivity index (χ3n) is 12.2. The normalized spacial score (nSPS) is 56.9. The highest BCUT2D eigenvalue weighted by molar-refractivity contribution is 5.85. The van der Waals surface area contributed by atoms with Crippen molar-refractivity contribution in [3.63, 3.8) is 0 Å². The van der Waals surface area contributed by atoms with Crippen LogP contribution in [0.25, 0.3) is 0 Å². The summed E-state index contributed by atoms with van der Waals surface area (Å²) in [6, 6.07) is 0. The molecule has 15 atom stereocenters. The lowest BCUT2D eigenvalue weighted by Gasteiger charge is -2.68. The molecule has 41 heavy (non-hydrogen) atoms. The highest BCUT2D eigenvalue weighted by Gasteiger charge is 2.75. The van der Waals surface area contributed by atoms with Gasteiger partial charge in [0.05, 0.1) is 47.6 Å². The first-order valence-corrected chi connectivity index (χ1v) is 14.9. The Kier molecular flexibility index (Phi) is 7.22. The number of carbonyl (C=O) groups excluding carboxylic acids is 1. The molecule has 4 saturated carbocycles. The van der Waals surface area contributed by atoms with E-state index in [2.05, 4.69) is 0 Å². The van der Waals surface area contributed by atoms with Crippen molar-refractivity contribution in [3.05, 3.63) is 11.6 Å². The topological polar surface area (TPSA) is 207 Å². The van der Waals surface area contributed by atoms with Gasteiger partial charge in [0, 0.05) is 30.3 Å². The van der Waals surface area contributed by atoms with Crippen molar-refractivity contribution in [1.82, 2.24) is 0 Å². The van der Waals surface area contributed by atoms with Gasteiger partial charge in [0.1, 0.15) is 24.9 Å². The quantitative estimate of drug-likeness (QED) is 0.140. The number of cyclic esters (lactones) is 1. The molecule has 5 fully saturated rings.